The fourth-order valence-electron chi connectivity index (χ4n) is 2.39. The maximum atomic E-state index is 12.0. The Bertz CT molecular complexity index is 474. The summed E-state index contributed by atoms with van der Waals surface area (Å²) >= 11 is 0. The number of allylic oxidation sites excluding steroid dienone is 1. The van der Waals surface area contributed by atoms with Crippen molar-refractivity contribution in [2.45, 2.75) is 46.0 Å². The summed E-state index contributed by atoms with van der Waals surface area (Å²) in [6, 6.07) is 1.72. The first kappa shape index (κ1) is 13.7. The highest BCUT2D eigenvalue weighted by Gasteiger charge is 2.09. The Labute approximate surface area is 114 Å². The van der Waals surface area contributed by atoms with Crippen LogP contribution in [0.15, 0.2) is 17.7 Å². The van der Waals surface area contributed by atoms with Crippen LogP contribution in [0.25, 0.3) is 0 Å². The van der Waals surface area contributed by atoms with Gasteiger partial charge < -0.3 is 5.32 Å². The van der Waals surface area contributed by atoms with Gasteiger partial charge in [0, 0.05) is 12.2 Å². The monoisotopic (exact) mass is 259 g/mol. The van der Waals surface area contributed by atoms with Gasteiger partial charge in [-0.15, -0.1) is 0 Å². The summed E-state index contributed by atoms with van der Waals surface area (Å²) in [5.74, 6) is 0.533. The van der Waals surface area contributed by atoms with Crippen molar-refractivity contribution < 1.29 is 4.79 Å². The summed E-state index contributed by atoms with van der Waals surface area (Å²) < 4.78 is 0. The highest BCUT2D eigenvalue weighted by Crippen LogP contribution is 2.19. The molecule has 2 rings (SSSR count). The number of carbonyl (C=O) groups is 1. The molecule has 1 aliphatic carbocycles. The average Bonchev–Trinajstić information content (AvgIpc) is 2.38. The molecule has 0 atom stereocenters. The van der Waals surface area contributed by atoms with Gasteiger partial charge in [-0.05, 0) is 52.0 Å². The Kier molecular flexibility index (Phi) is 4.66. The third-order valence-corrected chi connectivity index (χ3v) is 3.32. The Morgan fingerprint density at radius 1 is 1.32 bits per heavy atom. The van der Waals surface area contributed by atoms with E-state index in [1.807, 2.05) is 6.92 Å². The van der Waals surface area contributed by atoms with Crippen molar-refractivity contribution in [3.63, 3.8) is 0 Å². The number of rotatable bonds is 4. The number of hydrogen-bond donors (Lipinski definition) is 1. The molecular weight excluding hydrogens is 238 g/mol. The van der Waals surface area contributed by atoms with Crippen LogP contribution in [-0.2, 0) is 0 Å². The molecule has 0 radical (unpaired) electrons. The molecule has 0 aliphatic heterocycles. The van der Waals surface area contributed by atoms with Crippen molar-refractivity contribution in [1.29, 1.82) is 0 Å². The summed E-state index contributed by atoms with van der Waals surface area (Å²) in [5.41, 5.74) is 2.76. The number of aromatic nitrogens is 2. The molecule has 1 amide bonds. The maximum absolute atomic E-state index is 12.0. The Morgan fingerprint density at radius 3 is 2.84 bits per heavy atom. The van der Waals surface area contributed by atoms with Gasteiger partial charge in [-0.3, -0.25) is 4.79 Å². The first-order valence-electron chi connectivity index (χ1n) is 6.93. The second-order valence-electron chi connectivity index (χ2n) is 5.06. The lowest BCUT2D eigenvalue weighted by Gasteiger charge is -2.12. The molecular formula is C15H21N3O. The number of amides is 1. The van der Waals surface area contributed by atoms with E-state index in [0.29, 0.717) is 18.1 Å². The Morgan fingerprint density at radius 2 is 2.16 bits per heavy atom. The van der Waals surface area contributed by atoms with Crippen LogP contribution in [0.4, 0.5) is 0 Å². The second kappa shape index (κ2) is 6.45. The summed E-state index contributed by atoms with van der Waals surface area (Å²) in [5, 5.41) is 2.93. The van der Waals surface area contributed by atoms with E-state index in [0.717, 1.165) is 12.1 Å². The Hall–Kier alpha value is -1.71. The van der Waals surface area contributed by atoms with Crippen LogP contribution in [0, 0.1) is 13.8 Å². The Balaban J connectivity index is 1.85. The summed E-state index contributed by atoms with van der Waals surface area (Å²) in [6.07, 6.45) is 8.22. The molecule has 4 nitrogen and oxygen atoms in total. The van der Waals surface area contributed by atoms with Gasteiger partial charge in [-0.1, -0.05) is 11.6 Å². The van der Waals surface area contributed by atoms with Crippen LogP contribution >= 0.6 is 0 Å². The van der Waals surface area contributed by atoms with Crippen LogP contribution in [0.5, 0.6) is 0 Å². The maximum Gasteiger partial charge on any atom is 0.270 e. The molecule has 0 saturated carbocycles. The zero-order chi connectivity index (χ0) is 13.7. The van der Waals surface area contributed by atoms with Gasteiger partial charge >= 0.3 is 0 Å². The van der Waals surface area contributed by atoms with Gasteiger partial charge in [0.15, 0.2) is 0 Å². The minimum absolute atomic E-state index is 0.106. The van der Waals surface area contributed by atoms with Crippen LogP contribution in [-0.4, -0.2) is 22.4 Å². The average molecular weight is 259 g/mol. The van der Waals surface area contributed by atoms with Crippen LogP contribution in [0.3, 0.4) is 0 Å². The summed E-state index contributed by atoms with van der Waals surface area (Å²) in [6.45, 7) is 4.36. The molecule has 0 fully saturated rings. The molecule has 1 aliphatic rings. The fraction of sp³-hybridized carbons (Fsp3) is 0.533. The second-order valence-corrected chi connectivity index (χ2v) is 5.06. The third-order valence-electron chi connectivity index (χ3n) is 3.32. The largest absolute Gasteiger partial charge is 0.350 e. The van der Waals surface area contributed by atoms with E-state index in [4.69, 9.17) is 0 Å². The van der Waals surface area contributed by atoms with Crippen molar-refractivity contribution >= 4 is 5.91 Å². The third kappa shape index (κ3) is 4.16. The smallest absolute Gasteiger partial charge is 0.270 e. The normalized spacial score (nSPS) is 14.9. The highest BCUT2D eigenvalue weighted by atomic mass is 16.1. The lowest BCUT2D eigenvalue weighted by molar-refractivity contribution is 0.0948. The number of nitrogens with zero attached hydrogens (tertiary/aromatic N) is 2. The van der Waals surface area contributed by atoms with Gasteiger partial charge in [-0.25, -0.2) is 9.97 Å². The molecule has 0 bridgehead atoms. The van der Waals surface area contributed by atoms with Crippen molar-refractivity contribution in [2.24, 2.45) is 0 Å². The van der Waals surface area contributed by atoms with E-state index >= 15 is 0 Å². The molecule has 0 saturated heterocycles. The zero-order valence-corrected chi connectivity index (χ0v) is 11.7. The minimum atomic E-state index is -0.106. The van der Waals surface area contributed by atoms with Gasteiger partial charge in [0.2, 0.25) is 0 Å². The lowest BCUT2D eigenvalue weighted by atomic mass is 9.97. The fourth-order valence-corrected chi connectivity index (χ4v) is 2.39. The minimum Gasteiger partial charge on any atom is -0.350 e. The molecule has 1 aromatic heterocycles. The molecule has 102 valence electrons. The number of hydrogen-bond acceptors (Lipinski definition) is 3. The van der Waals surface area contributed by atoms with E-state index < -0.39 is 0 Å². The first-order chi connectivity index (χ1) is 9.15. The molecule has 0 unspecified atom stereocenters. The van der Waals surface area contributed by atoms with Gasteiger partial charge in [0.05, 0.1) is 0 Å². The predicted molar refractivity (Wildman–Crippen MR) is 75.0 cm³/mol. The molecule has 19 heavy (non-hydrogen) atoms. The molecule has 1 aromatic rings. The quantitative estimate of drug-likeness (QED) is 0.846. The topological polar surface area (TPSA) is 54.9 Å². The highest BCUT2D eigenvalue weighted by molar-refractivity contribution is 5.92. The number of aryl methyl sites for hydroxylation is 2. The van der Waals surface area contributed by atoms with E-state index in [2.05, 4.69) is 21.4 Å². The summed E-state index contributed by atoms with van der Waals surface area (Å²) in [7, 11) is 0. The molecule has 1 N–H and O–H groups in total. The molecule has 4 heteroatoms. The number of nitrogens with one attached hydrogen (secondary N) is 1. The van der Waals surface area contributed by atoms with Crippen LogP contribution in [0.2, 0.25) is 0 Å². The van der Waals surface area contributed by atoms with Crippen molar-refractivity contribution in [2.75, 3.05) is 6.54 Å². The van der Waals surface area contributed by atoms with Crippen molar-refractivity contribution in [3.8, 4) is 0 Å². The number of carbonyl (C=O) groups excluding carboxylic acids is 1. The van der Waals surface area contributed by atoms with Crippen molar-refractivity contribution in [3.05, 3.63) is 34.9 Å². The standard InChI is InChI=1S/C15H21N3O/c1-11-10-14(18-12(2)17-11)15(19)16-9-8-13-6-4-3-5-7-13/h6,10H,3-5,7-9H2,1-2H3,(H,16,19). The molecule has 1 heterocycles. The van der Waals surface area contributed by atoms with Gasteiger partial charge in [0.25, 0.3) is 5.91 Å². The van der Waals surface area contributed by atoms with E-state index in [1.165, 1.54) is 31.3 Å². The van der Waals surface area contributed by atoms with Crippen LogP contribution < -0.4 is 5.32 Å². The van der Waals surface area contributed by atoms with E-state index in [1.54, 1.807) is 13.0 Å². The lowest BCUT2D eigenvalue weighted by Crippen LogP contribution is -2.26. The summed E-state index contributed by atoms with van der Waals surface area (Å²) in [4.78, 5) is 20.3. The van der Waals surface area contributed by atoms with Gasteiger partial charge in [0.1, 0.15) is 11.5 Å². The molecule has 0 spiro atoms. The first-order valence-corrected chi connectivity index (χ1v) is 6.93. The SMILES string of the molecule is Cc1cc(C(=O)NCCC2=CCCCC2)nc(C)n1. The van der Waals surface area contributed by atoms with E-state index in [9.17, 15) is 4.79 Å². The zero-order valence-electron chi connectivity index (χ0n) is 11.7. The van der Waals surface area contributed by atoms with E-state index in [-0.39, 0.29) is 5.91 Å². The molecule has 0 aromatic carbocycles. The van der Waals surface area contributed by atoms with Crippen molar-refractivity contribution in [1.82, 2.24) is 15.3 Å². The predicted octanol–water partition coefficient (Wildman–Crippen LogP) is 2.71. The van der Waals surface area contributed by atoms with Gasteiger partial charge in [-0.2, -0.15) is 0 Å². The van der Waals surface area contributed by atoms with Crippen LogP contribution in [0.1, 0.15) is 54.1 Å².